The summed E-state index contributed by atoms with van der Waals surface area (Å²) in [6, 6.07) is 8.47. The zero-order valence-electron chi connectivity index (χ0n) is 13.3. The Balaban J connectivity index is 0.00000200. The molecular weight excluding hydrogens is 272 g/mol. The lowest BCUT2D eigenvalue weighted by molar-refractivity contribution is 0.00578. The number of nitrogens with zero attached hydrogens (tertiary/aromatic N) is 1. The highest BCUT2D eigenvalue weighted by atomic mass is 35.5. The SMILES string of the molecule is CN(C)Cc1ccc(B2OC(C)(C)C(C)(C)O2)cc1.Cl. The molecule has 0 aliphatic carbocycles. The van der Waals surface area contributed by atoms with Crippen molar-refractivity contribution in [2.24, 2.45) is 0 Å². The van der Waals surface area contributed by atoms with E-state index >= 15 is 0 Å². The van der Waals surface area contributed by atoms with Crippen molar-refractivity contribution in [1.82, 2.24) is 4.90 Å². The Morgan fingerprint density at radius 1 is 0.950 bits per heavy atom. The second kappa shape index (κ2) is 6.06. The standard InChI is InChI=1S/C15H24BNO2.ClH/c1-14(2)15(3,4)19-16(18-14)13-9-7-12(8-10-13)11-17(5)6;/h7-10H,11H2,1-6H3;1H. The summed E-state index contributed by atoms with van der Waals surface area (Å²) in [6.07, 6.45) is 0. The summed E-state index contributed by atoms with van der Waals surface area (Å²) in [5.41, 5.74) is 1.83. The van der Waals surface area contributed by atoms with Crippen molar-refractivity contribution in [2.45, 2.75) is 45.4 Å². The fourth-order valence-electron chi connectivity index (χ4n) is 2.12. The van der Waals surface area contributed by atoms with Crippen LogP contribution in [0, 0.1) is 0 Å². The number of hydrogen-bond acceptors (Lipinski definition) is 3. The Hall–Kier alpha value is -0.545. The van der Waals surface area contributed by atoms with Gasteiger partial charge in [0, 0.05) is 6.54 Å². The number of benzene rings is 1. The normalized spacial score (nSPS) is 20.1. The fourth-order valence-corrected chi connectivity index (χ4v) is 2.12. The van der Waals surface area contributed by atoms with Crippen molar-refractivity contribution in [3.8, 4) is 0 Å². The van der Waals surface area contributed by atoms with Crippen LogP contribution in [0.2, 0.25) is 0 Å². The van der Waals surface area contributed by atoms with Crippen molar-refractivity contribution in [1.29, 1.82) is 0 Å². The lowest BCUT2D eigenvalue weighted by Gasteiger charge is -2.32. The number of halogens is 1. The van der Waals surface area contributed by atoms with E-state index < -0.39 is 0 Å². The highest BCUT2D eigenvalue weighted by Crippen LogP contribution is 2.36. The first-order valence-electron chi connectivity index (χ1n) is 6.80. The topological polar surface area (TPSA) is 21.7 Å². The molecule has 3 nitrogen and oxygen atoms in total. The molecule has 1 fully saturated rings. The molecule has 112 valence electrons. The van der Waals surface area contributed by atoms with E-state index in [2.05, 4.69) is 71.0 Å². The first-order chi connectivity index (χ1) is 8.71. The molecule has 0 aromatic heterocycles. The summed E-state index contributed by atoms with van der Waals surface area (Å²) in [7, 11) is 3.88. The Bertz CT molecular complexity index is 430. The molecule has 1 aliphatic rings. The maximum absolute atomic E-state index is 6.04. The third kappa shape index (κ3) is 3.56. The van der Waals surface area contributed by atoms with Gasteiger partial charge < -0.3 is 14.2 Å². The molecule has 2 rings (SSSR count). The first-order valence-corrected chi connectivity index (χ1v) is 6.80. The van der Waals surface area contributed by atoms with Gasteiger partial charge >= 0.3 is 7.12 Å². The summed E-state index contributed by atoms with van der Waals surface area (Å²) in [4.78, 5) is 2.16. The van der Waals surface area contributed by atoms with Crippen LogP contribution in [0.4, 0.5) is 0 Å². The van der Waals surface area contributed by atoms with Gasteiger partial charge in [-0.15, -0.1) is 12.4 Å². The van der Waals surface area contributed by atoms with Crippen molar-refractivity contribution in [2.75, 3.05) is 14.1 Å². The second-order valence-electron chi connectivity index (χ2n) is 6.57. The van der Waals surface area contributed by atoms with Gasteiger partial charge in [-0.25, -0.2) is 0 Å². The third-order valence-corrected chi connectivity index (χ3v) is 4.00. The maximum atomic E-state index is 6.04. The molecule has 0 saturated carbocycles. The van der Waals surface area contributed by atoms with Crippen LogP contribution < -0.4 is 5.46 Å². The molecule has 0 N–H and O–H groups in total. The zero-order chi connectivity index (χ0) is 14.3. The van der Waals surface area contributed by atoms with Gasteiger partial charge in [-0.05, 0) is 52.8 Å². The predicted octanol–water partition coefficient (Wildman–Crippen LogP) is 2.47. The molecule has 1 aromatic rings. The van der Waals surface area contributed by atoms with Crippen LogP contribution in [0.25, 0.3) is 0 Å². The molecule has 20 heavy (non-hydrogen) atoms. The first kappa shape index (κ1) is 17.5. The Kier molecular flexibility index (Phi) is 5.31. The van der Waals surface area contributed by atoms with Crippen LogP contribution in [0.15, 0.2) is 24.3 Å². The molecule has 1 heterocycles. The maximum Gasteiger partial charge on any atom is 0.494 e. The monoisotopic (exact) mass is 297 g/mol. The van der Waals surface area contributed by atoms with E-state index in [9.17, 15) is 0 Å². The molecular formula is C15H25BClNO2. The molecule has 0 atom stereocenters. The lowest BCUT2D eigenvalue weighted by atomic mass is 9.79. The highest BCUT2D eigenvalue weighted by molar-refractivity contribution is 6.62. The van der Waals surface area contributed by atoms with Crippen LogP contribution in [-0.2, 0) is 15.9 Å². The molecule has 5 heteroatoms. The summed E-state index contributed by atoms with van der Waals surface area (Å²) >= 11 is 0. The minimum atomic E-state index is -0.278. The van der Waals surface area contributed by atoms with Crippen LogP contribution in [0.5, 0.6) is 0 Å². The van der Waals surface area contributed by atoms with E-state index in [4.69, 9.17) is 9.31 Å². The van der Waals surface area contributed by atoms with Gasteiger partial charge in [-0.1, -0.05) is 24.3 Å². The molecule has 0 radical (unpaired) electrons. The fraction of sp³-hybridized carbons (Fsp3) is 0.600. The van der Waals surface area contributed by atoms with Crippen molar-refractivity contribution < 1.29 is 9.31 Å². The van der Waals surface area contributed by atoms with Gasteiger partial charge in [0.15, 0.2) is 0 Å². The van der Waals surface area contributed by atoms with E-state index in [-0.39, 0.29) is 30.7 Å². The largest absolute Gasteiger partial charge is 0.494 e. The lowest BCUT2D eigenvalue weighted by Crippen LogP contribution is -2.41. The summed E-state index contributed by atoms with van der Waals surface area (Å²) in [6.45, 7) is 9.26. The van der Waals surface area contributed by atoms with Crippen LogP contribution in [-0.4, -0.2) is 37.3 Å². The van der Waals surface area contributed by atoms with Gasteiger partial charge in [0.25, 0.3) is 0 Å². The quantitative estimate of drug-likeness (QED) is 0.800. The minimum absolute atomic E-state index is 0. The number of rotatable bonds is 3. The molecule has 1 aromatic carbocycles. The molecule has 1 saturated heterocycles. The summed E-state index contributed by atoms with van der Waals surface area (Å²) in [5, 5.41) is 0. The zero-order valence-corrected chi connectivity index (χ0v) is 14.1. The van der Waals surface area contributed by atoms with Crippen molar-refractivity contribution >= 4 is 25.0 Å². The van der Waals surface area contributed by atoms with E-state index in [0.29, 0.717) is 0 Å². The minimum Gasteiger partial charge on any atom is -0.399 e. The smallest absolute Gasteiger partial charge is 0.399 e. The van der Waals surface area contributed by atoms with Crippen molar-refractivity contribution in [3.05, 3.63) is 29.8 Å². The van der Waals surface area contributed by atoms with Crippen LogP contribution in [0.1, 0.15) is 33.3 Å². The van der Waals surface area contributed by atoms with Crippen molar-refractivity contribution in [3.63, 3.8) is 0 Å². The third-order valence-electron chi connectivity index (χ3n) is 4.00. The van der Waals surface area contributed by atoms with Gasteiger partial charge in [-0.3, -0.25) is 0 Å². The van der Waals surface area contributed by atoms with E-state index in [1.54, 1.807) is 0 Å². The Morgan fingerprint density at radius 3 is 1.80 bits per heavy atom. The summed E-state index contributed by atoms with van der Waals surface area (Å²) < 4.78 is 12.1. The average Bonchev–Trinajstić information content (AvgIpc) is 2.48. The highest BCUT2D eigenvalue weighted by Gasteiger charge is 2.51. The molecule has 1 aliphatic heterocycles. The van der Waals surface area contributed by atoms with E-state index in [1.807, 2.05) is 0 Å². The van der Waals surface area contributed by atoms with Gasteiger partial charge in [-0.2, -0.15) is 0 Å². The Labute approximate surface area is 129 Å². The van der Waals surface area contributed by atoms with E-state index in [0.717, 1.165) is 12.0 Å². The average molecular weight is 298 g/mol. The molecule has 0 spiro atoms. The molecule has 0 bridgehead atoms. The number of hydrogen-bond donors (Lipinski definition) is 0. The van der Waals surface area contributed by atoms with E-state index in [1.165, 1.54) is 5.56 Å². The molecule has 0 unspecified atom stereocenters. The Morgan fingerprint density at radius 2 is 1.40 bits per heavy atom. The summed E-state index contributed by atoms with van der Waals surface area (Å²) in [5.74, 6) is 0. The van der Waals surface area contributed by atoms with Gasteiger partial charge in [0.1, 0.15) is 0 Å². The van der Waals surface area contributed by atoms with Gasteiger partial charge in [0.05, 0.1) is 11.2 Å². The van der Waals surface area contributed by atoms with Crippen LogP contribution in [0.3, 0.4) is 0 Å². The van der Waals surface area contributed by atoms with Gasteiger partial charge in [0.2, 0.25) is 0 Å². The second-order valence-corrected chi connectivity index (χ2v) is 6.57. The predicted molar refractivity (Wildman–Crippen MR) is 86.8 cm³/mol. The molecule has 0 amide bonds. The van der Waals surface area contributed by atoms with Crippen LogP contribution >= 0.6 is 12.4 Å².